The molecule has 6 heavy (non-hydrogen) atoms. The van der Waals surface area contributed by atoms with Crippen molar-refractivity contribution in [2.75, 3.05) is 0 Å². The highest BCUT2D eigenvalue weighted by molar-refractivity contribution is 7.88. The summed E-state index contributed by atoms with van der Waals surface area (Å²) in [4.78, 5) is 0. The molecule has 36 valence electrons. The van der Waals surface area contributed by atoms with Crippen molar-refractivity contribution in [3.63, 3.8) is 0 Å². The minimum absolute atomic E-state index is 1.79. The third-order valence-electron chi connectivity index (χ3n) is 0.160. The lowest BCUT2D eigenvalue weighted by Crippen LogP contribution is -1.84. The Morgan fingerprint density at radius 3 is 1.83 bits per heavy atom. The molecule has 3 nitrogen and oxygen atoms in total. The van der Waals surface area contributed by atoms with Gasteiger partial charge in [-0.25, -0.2) is 8.42 Å². The second kappa shape index (κ2) is 1.86. The minimum atomic E-state index is -3.24. The zero-order valence-electron chi connectivity index (χ0n) is 2.64. The molecule has 0 aliphatic carbocycles. The van der Waals surface area contributed by atoms with Gasteiger partial charge < -0.3 is 0 Å². The van der Waals surface area contributed by atoms with Gasteiger partial charge in [0.05, 0.1) is 0 Å². The molecule has 5 heteroatoms. The highest BCUT2D eigenvalue weighted by Crippen LogP contribution is 1.68. The SMILES string of the molecule is N=C(F)[SH](=O)=O. The zero-order valence-corrected chi connectivity index (χ0v) is 3.54. The lowest BCUT2D eigenvalue weighted by molar-refractivity contribution is 0.617. The largest absolute Gasteiger partial charge is 0.295 e. The smallest absolute Gasteiger partial charge is 0.264 e. The third-order valence-corrected chi connectivity index (χ3v) is 0.481. The van der Waals surface area contributed by atoms with Gasteiger partial charge in [-0.1, -0.05) is 0 Å². The third kappa shape index (κ3) is 1.83. The van der Waals surface area contributed by atoms with E-state index in [9.17, 15) is 4.39 Å². The highest BCUT2D eigenvalue weighted by Gasteiger charge is 1.87. The predicted octanol–water partition coefficient (Wildman–Crippen LogP) is -0.498. The number of halogens is 1. The molecule has 0 heterocycles. The van der Waals surface area contributed by atoms with Crippen molar-refractivity contribution in [3.05, 3.63) is 0 Å². The van der Waals surface area contributed by atoms with Crippen LogP contribution in [0.2, 0.25) is 0 Å². The van der Waals surface area contributed by atoms with Crippen molar-refractivity contribution in [3.8, 4) is 0 Å². The fourth-order valence-electron chi connectivity index (χ4n) is 0. The van der Waals surface area contributed by atoms with Gasteiger partial charge >= 0.3 is 0 Å². The van der Waals surface area contributed by atoms with Gasteiger partial charge in [0.2, 0.25) is 10.7 Å². The first-order chi connectivity index (χ1) is 2.64. The zero-order chi connectivity index (χ0) is 5.15. The van der Waals surface area contributed by atoms with E-state index in [2.05, 4.69) is 0 Å². The van der Waals surface area contributed by atoms with Gasteiger partial charge in [0, 0.05) is 0 Å². The molecule has 0 saturated heterocycles. The molecular weight excluding hydrogens is 109 g/mol. The summed E-state index contributed by atoms with van der Waals surface area (Å²) in [5, 5.41) is 3.90. The standard InChI is InChI=1S/CH2FNO2S/c2-1(3)6(4)5/h3,6H. The molecule has 0 radical (unpaired) electrons. The van der Waals surface area contributed by atoms with Crippen LogP contribution in [0.5, 0.6) is 0 Å². The highest BCUT2D eigenvalue weighted by atomic mass is 32.2. The summed E-state index contributed by atoms with van der Waals surface area (Å²) < 4.78 is 29.1. The van der Waals surface area contributed by atoms with Crippen molar-refractivity contribution >= 4 is 16.0 Å². The molecule has 0 rings (SSSR count). The number of nitrogens with one attached hydrogen (secondary N) is 1. The van der Waals surface area contributed by atoms with Crippen LogP contribution in [-0.2, 0) is 10.7 Å². The van der Waals surface area contributed by atoms with Crippen molar-refractivity contribution in [2.45, 2.75) is 0 Å². The first kappa shape index (κ1) is 5.55. The lowest BCUT2D eigenvalue weighted by Gasteiger charge is -1.63. The Bertz CT molecular complexity index is 120. The van der Waals surface area contributed by atoms with Crippen LogP contribution in [0.1, 0.15) is 0 Å². The van der Waals surface area contributed by atoms with Crippen LogP contribution < -0.4 is 0 Å². The van der Waals surface area contributed by atoms with Crippen LogP contribution in [0.3, 0.4) is 0 Å². The van der Waals surface area contributed by atoms with Crippen LogP contribution >= 0.6 is 0 Å². The molecule has 0 bridgehead atoms. The molecular formula is CH2FNO2S. The quantitative estimate of drug-likeness (QED) is 0.251. The van der Waals surface area contributed by atoms with E-state index in [0.29, 0.717) is 0 Å². The molecule has 0 aromatic heterocycles. The van der Waals surface area contributed by atoms with Crippen molar-refractivity contribution in [2.24, 2.45) is 0 Å². The summed E-state index contributed by atoms with van der Waals surface area (Å²) >= 11 is 0. The average Bonchev–Trinajstić information content (AvgIpc) is 1.36. The molecule has 0 aliphatic heterocycles. The maximum absolute atomic E-state index is 10.8. The van der Waals surface area contributed by atoms with Crippen molar-refractivity contribution < 1.29 is 12.8 Å². The molecule has 0 spiro atoms. The van der Waals surface area contributed by atoms with E-state index in [1.54, 1.807) is 0 Å². The van der Waals surface area contributed by atoms with E-state index < -0.39 is 16.0 Å². The van der Waals surface area contributed by atoms with E-state index in [-0.39, 0.29) is 0 Å². The average molecular weight is 111 g/mol. The van der Waals surface area contributed by atoms with Crippen LogP contribution in [0, 0.1) is 5.41 Å². The molecule has 0 fully saturated rings. The van der Waals surface area contributed by atoms with Crippen LogP contribution in [0.15, 0.2) is 0 Å². The van der Waals surface area contributed by atoms with E-state index in [4.69, 9.17) is 13.8 Å². The van der Waals surface area contributed by atoms with Crippen LogP contribution in [0.25, 0.3) is 0 Å². The summed E-state index contributed by atoms with van der Waals surface area (Å²) in [6, 6.07) is 0. The molecule has 1 N–H and O–H groups in total. The van der Waals surface area contributed by atoms with E-state index in [1.165, 1.54) is 0 Å². The van der Waals surface area contributed by atoms with Gasteiger partial charge in [-0.3, -0.25) is 5.41 Å². The van der Waals surface area contributed by atoms with Crippen molar-refractivity contribution in [1.82, 2.24) is 0 Å². The number of hydrogen-bond donors (Lipinski definition) is 2. The molecule has 0 aliphatic rings. The monoisotopic (exact) mass is 111 g/mol. The molecule has 0 unspecified atom stereocenters. The minimum Gasteiger partial charge on any atom is -0.264 e. The summed E-state index contributed by atoms with van der Waals surface area (Å²) in [5.41, 5.74) is 0. The second-order valence-corrected chi connectivity index (χ2v) is 1.45. The maximum Gasteiger partial charge on any atom is 0.295 e. The lowest BCUT2D eigenvalue weighted by atomic mass is 11.6. The number of hydrogen-bond acceptors (Lipinski definition) is 3. The topological polar surface area (TPSA) is 58.0 Å². The summed E-state index contributed by atoms with van der Waals surface area (Å²) in [5.74, 6) is 0. The second-order valence-electron chi connectivity index (χ2n) is 0.548. The van der Waals surface area contributed by atoms with Gasteiger partial charge in [-0.05, 0) is 0 Å². The molecule has 0 aromatic carbocycles. The Kier molecular flexibility index (Phi) is 1.72. The van der Waals surface area contributed by atoms with Crippen molar-refractivity contribution in [1.29, 1.82) is 5.41 Å². The van der Waals surface area contributed by atoms with Gasteiger partial charge in [0.1, 0.15) is 0 Å². The summed E-state index contributed by atoms with van der Waals surface area (Å²) in [6.07, 6.45) is 0. The van der Waals surface area contributed by atoms with Gasteiger partial charge in [-0.2, -0.15) is 4.39 Å². The van der Waals surface area contributed by atoms with Gasteiger partial charge in [-0.15, -0.1) is 0 Å². The number of thiol groups is 1. The molecule has 0 aromatic rings. The maximum atomic E-state index is 10.8. The Labute approximate surface area is 35.2 Å². The Morgan fingerprint density at radius 1 is 1.67 bits per heavy atom. The fourth-order valence-corrected chi connectivity index (χ4v) is 0. The summed E-state index contributed by atoms with van der Waals surface area (Å²) in [6.45, 7) is 0. The molecule has 0 saturated carbocycles. The van der Waals surface area contributed by atoms with E-state index in [0.717, 1.165) is 0 Å². The predicted molar refractivity (Wildman–Crippen MR) is 19.1 cm³/mol. The first-order valence-electron chi connectivity index (χ1n) is 1.03. The Balaban J connectivity index is 3.94. The molecule has 0 atom stereocenters. The normalized spacial score (nSPS) is 9.00. The van der Waals surface area contributed by atoms with E-state index >= 15 is 0 Å². The van der Waals surface area contributed by atoms with Crippen LogP contribution in [-0.4, -0.2) is 13.7 Å². The Hall–Kier alpha value is -0.450. The fraction of sp³-hybridized carbons (Fsp3) is 0. The molecule has 0 amide bonds. The van der Waals surface area contributed by atoms with Gasteiger partial charge in [0.25, 0.3) is 5.30 Å². The van der Waals surface area contributed by atoms with Crippen LogP contribution in [0.4, 0.5) is 4.39 Å². The summed E-state index contributed by atoms with van der Waals surface area (Å²) in [7, 11) is -3.24. The van der Waals surface area contributed by atoms with E-state index in [1.807, 2.05) is 0 Å². The Morgan fingerprint density at radius 2 is 1.83 bits per heavy atom. The first-order valence-corrected chi connectivity index (χ1v) is 2.21. The van der Waals surface area contributed by atoms with Gasteiger partial charge in [0.15, 0.2) is 0 Å². The number of rotatable bonds is 0.